The van der Waals surface area contributed by atoms with Gasteiger partial charge in [0, 0.05) is 6.61 Å². The zero-order chi connectivity index (χ0) is 14.7. The third-order valence-electron chi connectivity index (χ3n) is 3.20. The largest absolute Gasteiger partial charge is 0.478 e. The van der Waals surface area contributed by atoms with Crippen LogP contribution in [0.3, 0.4) is 0 Å². The molecule has 0 heterocycles. The first-order chi connectivity index (χ1) is 8.95. The average molecular weight is 286 g/mol. The van der Waals surface area contributed by atoms with Crippen LogP contribution in [0.15, 0.2) is 0 Å². The summed E-state index contributed by atoms with van der Waals surface area (Å²) >= 11 is -1.10. The molecular weight excluding hydrogens is 251 g/mol. The molecule has 3 heteroatoms. The second-order valence-electron chi connectivity index (χ2n) is 6.52. The molecule has 0 amide bonds. The van der Waals surface area contributed by atoms with Gasteiger partial charge in [0.15, 0.2) is 0 Å². The van der Waals surface area contributed by atoms with Crippen LogP contribution >= 0.6 is 0 Å². The summed E-state index contributed by atoms with van der Waals surface area (Å²) in [5.74, 6) is 1.49. The fourth-order valence-electron chi connectivity index (χ4n) is 2.35. The maximum atomic E-state index is 6.20. The van der Waals surface area contributed by atoms with Crippen molar-refractivity contribution in [2.24, 2.45) is 11.8 Å². The molecule has 0 N–H and O–H groups in total. The Hall–Kier alpha value is 0.452. The van der Waals surface area contributed by atoms with E-state index >= 15 is 0 Å². The predicted octanol–water partition coefficient (Wildman–Crippen LogP) is 5.25. The first kappa shape index (κ1) is 19.5. The number of hydrogen-bond donors (Lipinski definition) is 0. The molecule has 0 aliphatic heterocycles. The molecule has 0 aromatic carbocycles. The Labute approximate surface area is 126 Å². The Morgan fingerprint density at radius 3 is 1.89 bits per heavy atom. The van der Waals surface area contributed by atoms with Crippen molar-refractivity contribution in [1.29, 1.82) is 0 Å². The van der Waals surface area contributed by atoms with Crippen molar-refractivity contribution in [2.75, 3.05) is 6.61 Å². The van der Waals surface area contributed by atoms with Crippen molar-refractivity contribution < 1.29 is 8.53 Å². The van der Waals surface area contributed by atoms with Crippen LogP contribution in [0.4, 0.5) is 0 Å². The van der Waals surface area contributed by atoms with Gasteiger partial charge in [-0.25, -0.2) is 0 Å². The first-order valence-electron chi connectivity index (χ1n) is 8.22. The van der Waals surface area contributed by atoms with E-state index in [9.17, 15) is 0 Å². The molecule has 0 radical (unpaired) electrons. The van der Waals surface area contributed by atoms with E-state index in [1.807, 2.05) is 0 Å². The second kappa shape index (κ2) is 12.2. The van der Waals surface area contributed by atoms with Gasteiger partial charge in [-0.15, -0.1) is 0 Å². The summed E-state index contributed by atoms with van der Waals surface area (Å²) < 4.78 is 12.0. The highest BCUT2D eigenvalue weighted by Crippen LogP contribution is 2.17. The van der Waals surface area contributed by atoms with Gasteiger partial charge in [-0.3, -0.25) is 0 Å². The van der Waals surface area contributed by atoms with Crippen LogP contribution in [0.5, 0.6) is 0 Å². The molecule has 0 spiro atoms. The second-order valence-corrected chi connectivity index (χ2v) is 8.98. The third kappa shape index (κ3) is 13.2. The lowest BCUT2D eigenvalue weighted by molar-refractivity contribution is -0.0712. The van der Waals surface area contributed by atoms with Crippen LogP contribution in [0, 0.1) is 11.8 Å². The molecular formula is C16H35AlO2. The highest BCUT2D eigenvalue weighted by molar-refractivity contribution is 6.51. The van der Waals surface area contributed by atoms with Crippen molar-refractivity contribution in [3.8, 4) is 0 Å². The van der Waals surface area contributed by atoms with Gasteiger partial charge >= 0.3 is 14.5 Å². The van der Waals surface area contributed by atoms with E-state index in [1.165, 1.54) is 36.2 Å². The van der Waals surface area contributed by atoms with Gasteiger partial charge in [-0.05, 0) is 13.3 Å². The summed E-state index contributed by atoms with van der Waals surface area (Å²) in [6.45, 7) is 14.3. The van der Waals surface area contributed by atoms with Crippen molar-refractivity contribution in [3.05, 3.63) is 0 Å². The van der Waals surface area contributed by atoms with Crippen molar-refractivity contribution in [2.45, 2.75) is 84.1 Å². The monoisotopic (exact) mass is 286 g/mol. The normalized spacial score (nSPS) is 13.3. The molecule has 0 aliphatic carbocycles. The van der Waals surface area contributed by atoms with E-state index in [2.05, 4.69) is 41.5 Å². The quantitative estimate of drug-likeness (QED) is 0.277. The smallest absolute Gasteiger partial charge is 0.463 e. The molecule has 19 heavy (non-hydrogen) atoms. The molecule has 0 saturated carbocycles. The standard InChI is InChI=1S/C8H17O2.2C4H9.Al/c1-3-4-5-6-7-10-8(2)9;2*1-4(2)3;/h8H,3-7H2,1-2H3;2*4H,1H2,2-3H3;/q-1;;;+1. The minimum atomic E-state index is -1.10. The van der Waals surface area contributed by atoms with Crippen molar-refractivity contribution in [3.63, 3.8) is 0 Å². The number of rotatable bonds is 12. The summed E-state index contributed by atoms with van der Waals surface area (Å²) in [7, 11) is 0. The molecule has 0 aromatic heterocycles. The average Bonchev–Trinajstić information content (AvgIpc) is 2.26. The van der Waals surface area contributed by atoms with Gasteiger partial charge in [0.1, 0.15) is 6.29 Å². The van der Waals surface area contributed by atoms with E-state index in [1.54, 1.807) is 0 Å². The molecule has 0 saturated heterocycles. The molecule has 0 rings (SSSR count). The number of ether oxygens (including phenoxy) is 1. The van der Waals surface area contributed by atoms with Gasteiger partial charge in [-0.1, -0.05) is 76.3 Å². The van der Waals surface area contributed by atoms with E-state index in [0.29, 0.717) is 0 Å². The van der Waals surface area contributed by atoms with Gasteiger partial charge in [0.05, 0.1) is 0 Å². The highest BCUT2D eigenvalue weighted by atomic mass is 27.2. The van der Waals surface area contributed by atoms with E-state index in [-0.39, 0.29) is 6.29 Å². The highest BCUT2D eigenvalue weighted by Gasteiger charge is 2.25. The van der Waals surface area contributed by atoms with Gasteiger partial charge in [0.2, 0.25) is 0 Å². The van der Waals surface area contributed by atoms with Crippen LogP contribution in [-0.2, 0) is 8.53 Å². The number of unbranched alkanes of at least 4 members (excludes halogenated alkanes) is 3. The summed E-state index contributed by atoms with van der Waals surface area (Å²) in [6, 6.07) is 0. The third-order valence-corrected chi connectivity index (χ3v) is 6.91. The van der Waals surface area contributed by atoms with Crippen LogP contribution in [0.2, 0.25) is 10.6 Å². The summed E-state index contributed by atoms with van der Waals surface area (Å²) in [5.41, 5.74) is 0. The Balaban J connectivity index is 3.84. The van der Waals surface area contributed by atoms with Crippen LogP contribution < -0.4 is 0 Å². The van der Waals surface area contributed by atoms with Crippen molar-refractivity contribution in [1.82, 2.24) is 0 Å². The van der Waals surface area contributed by atoms with Gasteiger partial charge < -0.3 is 8.53 Å². The maximum absolute atomic E-state index is 6.20. The van der Waals surface area contributed by atoms with Crippen LogP contribution in [0.1, 0.15) is 67.2 Å². The Bertz CT molecular complexity index is 185. The van der Waals surface area contributed by atoms with Gasteiger partial charge in [-0.2, -0.15) is 0 Å². The molecule has 0 bridgehead atoms. The minimum absolute atomic E-state index is 0.00390. The summed E-state index contributed by atoms with van der Waals surface area (Å²) in [6.07, 6.45) is 5.04. The van der Waals surface area contributed by atoms with Crippen LogP contribution in [-0.4, -0.2) is 27.4 Å². The molecule has 2 nitrogen and oxygen atoms in total. The summed E-state index contributed by atoms with van der Waals surface area (Å²) in [4.78, 5) is 0. The van der Waals surface area contributed by atoms with Gasteiger partial charge in [0.25, 0.3) is 0 Å². The molecule has 1 unspecified atom stereocenters. The lowest BCUT2D eigenvalue weighted by atomic mass is 10.2. The lowest BCUT2D eigenvalue weighted by Crippen LogP contribution is -2.28. The SMILES string of the molecule is CCCCCCOC(C)[O][Al]([CH2]C(C)C)[CH2]C(C)C. The Kier molecular flexibility index (Phi) is 12.5. The van der Waals surface area contributed by atoms with E-state index < -0.39 is 14.5 Å². The topological polar surface area (TPSA) is 18.5 Å². The summed E-state index contributed by atoms with van der Waals surface area (Å²) in [5, 5.41) is 2.53. The lowest BCUT2D eigenvalue weighted by Gasteiger charge is -2.22. The predicted molar refractivity (Wildman–Crippen MR) is 85.7 cm³/mol. The molecule has 0 fully saturated rings. The van der Waals surface area contributed by atoms with Crippen molar-refractivity contribution >= 4 is 14.5 Å². The van der Waals surface area contributed by atoms with E-state index in [0.717, 1.165) is 18.4 Å². The maximum Gasteiger partial charge on any atom is 0.463 e. The molecule has 0 aliphatic rings. The molecule has 114 valence electrons. The molecule has 0 aromatic rings. The minimum Gasteiger partial charge on any atom is -0.478 e. The fourth-order valence-corrected chi connectivity index (χ4v) is 5.49. The molecule has 1 atom stereocenters. The Morgan fingerprint density at radius 2 is 1.42 bits per heavy atom. The van der Waals surface area contributed by atoms with Crippen LogP contribution in [0.25, 0.3) is 0 Å². The fraction of sp³-hybridized carbons (Fsp3) is 1.00. The first-order valence-corrected chi connectivity index (χ1v) is 10.3. The zero-order valence-corrected chi connectivity index (χ0v) is 15.2. The number of hydrogen-bond acceptors (Lipinski definition) is 2. The Morgan fingerprint density at radius 1 is 0.842 bits per heavy atom. The zero-order valence-electron chi connectivity index (χ0n) is 14.1. The van der Waals surface area contributed by atoms with E-state index in [4.69, 9.17) is 8.53 Å².